The molecule has 0 aromatic rings. The molecule has 1 unspecified atom stereocenters. The lowest BCUT2D eigenvalue weighted by molar-refractivity contribution is 0.307. The first-order valence-electron chi connectivity index (χ1n) is 6.15. The average Bonchev–Trinajstić information content (AvgIpc) is 2.26. The molecule has 0 radical (unpaired) electrons. The van der Waals surface area contributed by atoms with Gasteiger partial charge in [-0.2, -0.15) is 0 Å². The summed E-state index contributed by atoms with van der Waals surface area (Å²) in [6.07, 6.45) is 2.11. The zero-order valence-electron chi connectivity index (χ0n) is 11.2. The van der Waals surface area contributed by atoms with Crippen LogP contribution in [0.25, 0.3) is 0 Å². The molecule has 1 aliphatic rings. The number of nitrogens with one attached hydrogen (secondary N) is 1. The Labute approximate surface area is 120 Å². The first-order valence-corrected chi connectivity index (χ1v) is 10.2. The van der Waals surface area contributed by atoms with Crippen LogP contribution in [0.1, 0.15) is 19.8 Å². The van der Waals surface area contributed by atoms with Crippen LogP contribution in [-0.2, 0) is 20.0 Å². The number of rotatable bonds is 6. The van der Waals surface area contributed by atoms with Crippen LogP contribution >= 0.6 is 11.6 Å². The normalized spacial score (nSPS) is 21.4. The third-order valence-electron chi connectivity index (χ3n) is 2.99. The largest absolute Gasteiger partial charge is 0.214 e. The van der Waals surface area contributed by atoms with Gasteiger partial charge in [-0.25, -0.2) is 25.9 Å². The summed E-state index contributed by atoms with van der Waals surface area (Å²) >= 11 is 5.63. The van der Waals surface area contributed by atoms with E-state index >= 15 is 0 Å². The van der Waals surface area contributed by atoms with Gasteiger partial charge in [0.15, 0.2) is 0 Å². The molecular formula is C10H21ClN2O4S2. The Hall–Kier alpha value is 0.110. The van der Waals surface area contributed by atoms with E-state index in [4.69, 9.17) is 11.6 Å². The number of hydrogen-bond acceptors (Lipinski definition) is 4. The quantitative estimate of drug-likeness (QED) is 0.704. The molecule has 0 bridgehead atoms. The molecule has 19 heavy (non-hydrogen) atoms. The van der Waals surface area contributed by atoms with E-state index in [1.807, 2.05) is 0 Å². The lowest BCUT2D eigenvalue weighted by Crippen LogP contribution is -2.47. The third-order valence-corrected chi connectivity index (χ3v) is 6.42. The van der Waals surface area contributed by atoms with Crippen molar-refractivity contribution in [3.8, 4) is 0 Å². The molecule has 0 spiro atoms. The maximum atomic E-state index is 12.1. The summed E-state index contributed by atoms with van der Waals surface area (Å²) in [5.74, 6) is 0.268. The zero-order valence-corrected chi connectivity index (χ0v) is 13.6. The van der Waals surface area contributed by atoms with Gasteiger partial charge in [0.25, 0.3) is 0 Å². The molecule has 0 aliphatic carbocycles. The van der Waals surface area contributed by atoms with Gasteiger partial charge >= 0.3 is 0 Å². The molecule has 1 heterocycles. The Morgan fingerprint density at radius 1 is 1.26 bits per heavy atom. The second kappa shape index (κ2) is 6.71. The summed E-state index contributed by atoms with van der Waals surface area (Å²) in [6, 6.07) is -0.174. The van der Waals surface area contributed by atoms with Crippen LogP contribution in [0.2, 0.25) is 0 Å². The van der Waals surface area contributed by atoms with Crippen molar-refractivity contribution >= 4 is 31.6 Å². The number of piperidine rings is 1. The minimum Gasteiger partial charge on any atom is -0.213 e. The maximum absolute atomic E-state index is 12.1. The van der Waals surface area contributed by atoms with Crippen molar-refractivity contribution in [1.82, 2.24) is 9.03 Å². The van der Waals surface area contributed by atoms with Gasteiger partial charge in [0, 0.05) is 25.0 Å². The Bertz CT molecular complexity index is 484. The van der Waals surface area contributed by atoms with Crippen LogP contribution < -0.4 is 4.72 Å². The minimum absolute atomic E-state index is 0.0423. The zero-order chi connectivity index (χ0) is 14.7. The van der Waals surface area contributed by atoms with E-state index in [1.165, 1.54) is 4.31 Å². The topological polar surface area (TPSA) is 83.6 Å². The van der Waals surface area contributed by atoms with Crippen LogP contribution in [0.15, 0.2) is 0 Å². The van der Waals surface area contributed by atoms with Crippen LogP contribution in [0, 0.1) is 5.92 Å². The molecule has 1 N–H and O–H groups in total. The van der Waals surface area contributed by atoms with Gasteiger partial charge in [0.05, 0.1) is 12.0 Å². The van der Waals surface area contributed by atoms with Crippen molar-refractivity contribution in [2.45, 2.75) is 25.8 Å². The fourth-order valence-corrected chi connectivity index (χ4v) is 4.96. The van der Waals surface area contributed by atoms with E-state index in [0.29, 0.717) is 31.8 Å². The Balaban J connectivity index is 2.54. The smallest absolute Gasteiger partial charge is 0.213 e. The van der Waals surface area contributed by atoms with E-state index in [9.17, 15) is 16.8 Å². The average molecular weight is 333 g/mol. The summed E-state index contributed by atoms with van der Waals surface area (Å²) < 4.78 is 50.3. The minimum atomic E-state index is -3.29. The van der Waals surface area contributed by atoms with E-state index in [0.717, 1.165) is 6.26 Å². The van der Waals surface area contributed by atoms with Crippen molar-refractivity contribution < 1.29 is 16.8 Å². The van der Waals surface area contributed by atoms with Crippen molar-refractivity contribution in [1.29, 1.82) is 0 Å². The van der Waals surface area contributed by atoms with Crippen molar-refractivity contribution in [3.05, 3.63) is 0 Å². The summed E-state index contributed by atoms with van der Waals surface area (Å²) in [5, 5.41) is 0. The van der Waals surface area contributed by atoms with E-state index < -0.39 is 20.0 Å². The number of halogens is 1. The Morgan fingerprint density at radius 3 is 2.21 bits per heavy atom. The van der Waals surface area contributed by atoms with Gasteiger partial charge in [-0.1, -0.05) is 6.92 Å². The van der Waals surface area contributed by atoms with E-state index in [2.05, 4.69) is 4.72 Å². The fourth-order valence-electron chi connectivity index (χ4n) is 2.06. The molecule has 1 rings (SSSR count). The van der Waals surface area contributed by atoms with E-state index in [1.54, 1.807) is 6.92 Å². The molecule has 1 aliphatic heterocycles. The molecule has 0 aromatic carbocycles. The Morgan fingerprint density at radius 2 is 1.79 bits per heavy atom. The first-order chi connectivity index (χ1) is 8.64. The van der Waals surface area contributed by atoms with Crippen molar-refractivity contribution in [2.24, 2.45) is 5.92 Å². The highest BCUT2D eigenvalue weighted by atomic mass is 35.5. The van der Waals surface area contributed by atoms with Gasteiger partial charge in [-0.3, -0.25) is 0 Å². The van der Waals surface area contributed by atoms with Gasteiger partial charge in [-0.15, -0.1) is 11.6 Å². The second-order valence-electron chi connectivity index (χ2n) is 5.10. The molecule has 0 amide bonds. The van der Waals surface area contributed by atoms with Gasteiger partial charge in [-0.05, 0) is 18.8 Å². The van der Waals surface area contributed by atoms with Crippen LogP contribution in [0.4, 0.5) is 0 Å². The molecule has 1 saturated heterocycles. The molecule has 114 valence electrons. The molecule has 9 heteroatoms. The summed E-state index contributed by atoms with van der Waals surface area (Å²) in [4.78, 5) is 0. The van der Waals surface area contributed by atoms with Gasteiger partial charge < -0.3 is 0 Å². The van der Waals surface area contributed by atoms with Gasteiger partial charge in [0.1, 0.15) is 0 Å². The van der Waals surface area contributed by atoms with Crippen molar-refractivity contribution in [3.63, 3.8) is 0 Å². The lowest BCUT2D eigenvalue weighted by Gasteiger charge is -2.31. The molecular weight excluding hydrogens is 312 g/mol. The lowest BCUT2D eigenvalue weighted by atomic mass is 10.1. The molecule has 0 aromatic heterocycles. The summed E-state index contributed by atoms with van der Waals surface area (Å²) in [7, 11) is -6.53. The number of nitrogens with zero attached hydrogens (tertiary/aromatic N) is 1. The molecule has 1 fully saturated rings. The third kappa shape index (κ3) is 5.95. The Kier molecular flexibility index (Phi) is 6.06. The molecule has 0 saturated carbocycles. The van der Waals surface area contributed by atoms with Crippen molar-refractivity contribution in [2.75, 3.05) is 31.0 Å². The van der Waals surface area contributed by atoms with Crippen LogP contribution in [0.3, 0.4) is 0 Å². The van der Waals surface area contributed by atoms with Gasteiger partial charge in [0.2, 0.25) is 20.0 Å². The molecule has 6 nitrogen and oxygen atoms in total. The van der Waals surface area contributed by atoms with Crippen LogP contribution in [0.5, 0.6) is 0 Å². The molecule has 1 atom stereocenters. The number of hydrogen-bond donors (Lipinski definition) is 1. The SMILES string of the molecule is CC(CCl)CS(=O)(=O)N1CCC(NS(C)(=O)=O)CC1. The monoisotopic (exact) mass is 332 g/mol. The second-order valence-corrected chi connectivity index (χ2v) is 9.20. The predicted octanol–water partition coefficient (Wildman–Crippen LogP) is 0.205. The maximum Gasteiger partial charge on any atom is 0.214 e. The fraction of sp³-hybridized carbons (Fsp3) is 1.00. The first kappa shape index (κ1) is 17.2. The predicted molar refractivity (Wildman–Crippen MR) is 76.2 cm³/mol. The standard InChI is InChI=1S/C10H21ClN2O4S2/c1-9(7-11)8-19(16,17)13-5-3-10(4-6-13)12-18(2,14)15/h9-10,12H,3-8H2,1-2H3. The highest BCUT2D eigenvalue weighted by molar-refractivity contribution is 7.89. The number of sulfonamides is 2. The van der Waals surface area contributed by atoms with E-state index in [-0.39, 0.29) is 17.7 Å². The summed E-state index contributed by atoms with van der Waals surface area (Å²) in [6.45, 7) is 2.50. The highest BCUT2D eigenvalue weighted by Gasteiger charge is 2.29. The van der Waals surface area contributed by atoms with Crippen LogP contribution in [-0.4, -0.2) is 58.2 Å². The highest BCUT2D eigenvalue weighted by Crippen LogP contribution is 2.17. The number of alkyl halides is 1. The summed E-state index contributed by atoms with van der Waals surface area (Å²) in [5.41, 5.74) is 0.